The average molecular weight is 463 g/mol. The van der Waals surface area contributed by atoms with Gasteiger partial charge in [0, 0.05) is 28.9 Å². The molecule has 0 saturated heterocycles. The summed E-state index contributed by atoms with van der Waals surface area (Å²) in [7, 11) is 0. The van der Waals surface area contributed by atoms with E-state index in [9.17, 15) is 4.79 Å². The summed E-state index contributed by atoms with van der Waals surface area (Å²) in [6.07, 6.45) is 3.30. The van der Waals surface area contributed by atoms with Gasteiger partial charge in [0.2, 0.25) is 5.91 Å². The monoisotopic (exact) mass is 462 g/mol. The molecule has 2 aromatic heterocycles. The zero-order valence-corrected chi connectivity index (χ0v) is 18.7. The second-order valence-electron chi connectivity index (χ2n) is 6.83. The maximum absolute atomic E-state index is 13.2. The van der Waals surface area contributed by atoms with Crippen LogP contribution in [0.5, 0.6) is 0 Å². The minimum absolute atomic E-state index is 0.205. The standard InChI is InChI=1S/C24H19ClN4O2S/c1-16-14-21(29-31-16)28-24(30)22(17-8-3-2-4-9-17)32-20-12-6-5-11-19(20)27-15-18-10-7-13-26-23(18)25/h2-15,22H,1H3,(H,28,29,30)/t22-/m1/s1. The van der Waals surface area contributed by atoms with Gasteiger partial charge < -0.3 is 9.84 Å². The lowest BCUT2D eigenvalue weighted by Crippen LogP contribution is -2.19. The summed E-state index contributed by atoms with van der Waals surface area (Å²) in [6.45, 7) is 1.77. The van der Waals surface area contributed by atoms with Crippen LogP contribution in [0.15, 0.2) is 93.4 Å². The van der Waals surface area contributed by atoms with Crippen LogP contribution in [0.1, 0.15) is 22.1 Å². The van der Waals surface area contributed by atoms with E-state index < -0.39 is 5.25 Å². The van der Waals surface area contributed by atoms with E-state index in [1.165, 1.54) is 11.8 Å². The molecule has 1 atom stereocenters. The van der Waals surface area contributed by atoms with Gasteiger partial charge in [-0.15, -0.1) is 11.8 Å². The first-order chi connectivity index (χ1) is 15.6. The zero-order valence-electron chi connectivity index (χ0n) is 17.1. The van der Waals surface area contributed by atoms with Crippen LogP contribution in [0.4, 0.5) is 11.5 Å². The molecule has 1 N–H and O–H groups in total. The van der Waals surface area contributed by atoms with E-state index >= 15 is 0 Å². The molecule has 0 aliphatic carbocycles. The lowest BCUT2D eigenvalue weighted by atomic mass is 10.1. The van der Waals surface area contributed by atoms with Crippen molar-refractivity contribution < 1.29 is 9.32 Å². The Morgan fingerprint density at radius 1 is 1.12 bits per heavy atom. The number of pyridine rings is 1. The molecule has 0 unspecified atom stereocenters. The van der Waals surface area contributed by atoms with Crippen molar-refractivity contribution in [2.24, 2.45) is 4.99 Å². The number of rotatable bonds is 7. The fraction of sp³-hybridized carbons (Fsp3) is 0.0833. The highest BCUT2D eigenvalue weighted by Crippen LogP contribution is 2.40. The van der Waals surface area contributed by atoms with Gasteiger partial charge in [0.05, 0.1) is 5.69 Å². The molecule has 0 radical (unpaired) electrons. The smallest absolute Gasteiger partial charge is 0.243 e. The van der Waals surface area contributed by atoms with Gasteiger partial charge >= 0.3 is 0 Å². The molecular weight excluding hydrogens is 444 g/mol. The van der Waals surface area contributed by atoms with Gasteiger partial charge in [0.15, 0.2) is 5.82 Å². The Morgan fingerprint density at radius 2 is 1.91 bits per heavy atom. The number of thioether (sulfide) groups is 1. The Kier molecular flexibility index (Phi) is 6.99. The van der Waals surface area contributed by atoms with Crippen molar-refractivity contribution in [2.45, 2.75) is 17.1 Å². The van der Waals surface area contributed by atoms with Gasteiger partial charge in [-0.2, -0.15) is 0 Å². The molecule has 32 heavy (non-hydrogen) atoms. The van der Waals surface area contributed by atoms with E-state index in [0.717, 1.165) is 16.1 Å². The molecule has 2 heterocycles. The van der Waals surface area contributed by atoms with Gasteiger partial charge in [0.1, 0.15) is 16.2 Å². The molecule has 0 spiro atoms. The SMILES string of the molecule is Cc1cc(NC(=O)[C@H](Sc2ccccc2N=Cc2cccnc2Cl)c2ccccc2)no1. The van der Waals surface area contributed by atoms with Crippen molar-refractivity contribution in [1.82, 2.24) is 10.1 Å². The number of aromatic nitrogens is 2. The number of carbonyl (C=O) groups is 1. The summed E-state index contributed by atoms with van der Waals surface area (Å²) in [5.41, 5.74) is 2.31. The highest BCUT2D eigenvalue weighted by Gasteiger charge is 2.24. The summed E-state index contributed by atoms with van der Waals surface area (Å²) in [5.74, 6) is 0.799. The first-order valence-electron chi connectivity index (χ1n) is 9.79. The molecule has 0 aliphatic heterocycles. The van der Waals surface area contributed by atoms with Gasteiger partial charge in [-0.05, 0) is 36.8 Å². The highest BCUT2D eigenvalue weighted by atomic mass is 35.5. The van der Waals surface area contributed by atoms with Crippen molar-refractivity contribution in [3.63, 3.8) is 0 Å². The third-order valence-electron chi connectivity index (χ3n) is 4.46. The molecule has 4 rings (SSSR count). The lowest BCUT2D eigenvalue weighted by Gasteiger charge is -2.17. The van der Waals surface area contributed by atoms with Gasteiger partial charge in [-0.3, -0.25) is 9.79 Å². The number of amides is 1. The van der Waals surface area contributed by atoms with Crippen LogP contribution in [-0.2, 0) is 4.79 Å². The Morgan fingerprint density at radius 3 is 2.66 bits per heavy atom. The number of para-hydroxylation sites is 1. The minimum atomic E-state index is -0.522. The number of benzene rings is 2. The molecule has 4 aromatic rings. The van der Waals surface area contributed by atoms with Crippen LogP contribution in [0.3, 0.4) is 0 Å². The van der Waals surface area contributed by atoms with E-state index in [-0.39, 0.29) is 5.91 Å². The fourth-order valence-corrected chi connectivity index (χ4v) is 4.22. The minimum Gasteiger partial charge on any atom is -0.360 e. The van der Waals surface area contributed by atoms with Crippen LogP contribution in [0.2, 0.25) is 5.15 Å². The number of anilines is 1. The van der Waals surface area contributed by atoms with E-state index in [0.29, 0.717) is 22.3 Å². The molecule has 0 fully saturated rings. The van der Waals surface area contributed by atoms with Gasteiger partial charge in [-0.25, -0.2) is 4.98 Å². The Hall–Kier alpha value is -3.42. The zero-order chi connectivity index (χ0) is 22.3. The number of carbonyl (C=O) groups excluding carboxylic acids is 1. The third-order valence-corrected chi connectivity index (χ3v) is 6.10. The predicted octanol–water partition coefficient (Wildman–Crippen LogP) is 6.25. The van der Waals surface area contributed by atoms with Crippen molar-refractivity contribution in [3.8, 4) is 0 Å². The summed E-state index contributed by atoms with van der Waals surface area (Å²) >= 11 is 7.55. The molecule has 1 amide bonds. The van der Waals surface area contributed by atoms with Crippen LogP contribution < -0.4 is 5.32 Å². The van der Waals surface area contributed by atoms with E-state index in [4.69, 9.17) is 16.1 Å². The second-order valence-corrected chi connectivity index (χ2v) is 8.33. The number of nitrogens with zero attached hydrogens (tertiary/aromatic N) is 3. The van der Waals surface area contributed by atoms with Gasteiger partial charge in [-0.1, -0.05) is 59.2 Å². The van der Waals surface area contributed by atoms with Crippen LogP contribution in [0.25, 0.3) is 0 Å². The van der Waals surface area contributed by atoms with E-state index in [1.54, 1.807) is 31.5 Å². The summed E-state index contributed by atoms with van der Waals surface area (Å²) < 4.78 is 5.07. The Bertz CT molecular complexity index is 1240. The van der Waals surface area contributed by atoms with Crippen LogP contribution in [0, 0.1) is 6.92 Å². The van der Waals surface area contributed by atoms with Crippen LogP contribution in [-0.4, -0.2) is 22.3 Å². The van der Waals surface area contributed by atoms with Crippen molar-refractivity contribution >= 4 is 47.0 Å². The largest absolute Gasteiger partial charge is 0.360 e. The first-order valence-corrected chi connectivity index (χ1v) is 11.1. The quantitative estimate of drug-likeness (QED) is 0.199. The van der Waals surface area contributed by atoms with Crippen molar-refractivity contribution in [3.05, 3.63) is 101 Å². The third kappa shape index (κ3) is 5.43. The number of aliphatic imine (C=N–C) groups is 1. The molecule has 0 saturated carbocycles. The molecule has 6 nitrogen and oxygen atoms in total. The Balaban J connectivity index is 1.62. The fourth-order valence-electron chi connectivity index (χ4n) is 2.94. The number of nitrogens with one attached hydrogen (secondary N) is 1. The molecule has 0 bridgehead atoms. The molecule has 8 heteroatoms. The first kappa shape index (κ1) is 21.8. The number of hydrogen-bond donors (Lipinski definition) is 1. The summed E-state index contributed by atoms with van der Waals surface area (Å²) in [5, 5.41) is 6.57. The second kappa shape index (κ2) is 10.3. The number of hydrogen-bond acceptors (Lipinski definition) is 6. The molecular formula is C24H19ClN4O2S. The average Bonchev–Trinajstić information content (AvgIpc) is 3.22. The number of aryl methyl sites for hydroxylation is 1. The van der Waals surface area contributed by atoms with Gasteiger partial charge in [0.25, 0.3) is 0 Å². The molecule has 160 valence electrons. The summed E-state index contributed by atoms with van der Waals surface area (Å²) in [6, 6.07) is 22.5. The van der Waals surface area contributed by atoms with Crippen molar-refractivity contribution in [2.75, 3.05) is 5.32 Å². The topological polar surface area (TPSA) is 80.4 Å². The maximum Gasteiger partial charge on any atom is 0.243 e. The predicted molar refractivity (Wildman–Crippen MR) is 128 cm³/mol. The highest BCUT2D eigenvalue weighted by molar-refractivity contribution is 8.00. The van der Waals surface area contributed by atoms with Crippen molar-refractivity contribution in [1.29, 1.82) is 0 Å². The normalized spacial score (nSPS) is 12.1. The lowest BCUT2D eigenvalue weighted by molar-refractivity contribution is -0.115. The van der Waals surface area contributed by atoms with E-state index in [1.807, 2.05) is 60.7 Å². The summed E-state index contributed by atoms with van der Waals surface area (Å²) in [4.78, 5) is 22.7. The van der Waals surface area contributed by atoms with Crippen LogP contribution >= 0.6 is 23.4 Å². The molecule has 2 aromatic carbocycles. The number of halogens is 1. The maximum atomic E-state index is 13.2. The van der Waals surface area contributed by atoms with E-state index in [2.05, 4.69) is 20.4 Å². The molecule has 0 aliphatic rings. The Labute approximate surface area is 194 Å².